The van der Waals surface area contributed by atoms with Crippen LogP contribution in [-0.4, -0.2) is 30.3 Å². The normalized spacial score (nSPS) is 24.3. The Labute approximate surface area is 148 Å². The molecule has 1 aromatic carbocycles. The molecule has 0 heterocycles. The van der Waals surface area contributed by atoms with Gasteiger partial charge in [-0.2, -0.15) is 0 Å². The third-order valence-corrected chi connectivity index (χ3v) is 5.65. The first-order chi connectivity index (χ1) is 12.0. The molecule has 5 nitrogen and oxygen atoms in total. The molecule has 1 aromatic rings. The second-order valence-corrected chi connectivity index (χ2v) is 7.31. The largest absolute Gasteiger partial charge is 0.505 e. The van der Waals surface area contributed by atoms with Crippen molar-refractivity contribution in [1.29, 1.82) is 0 Å². The Morgan fingerprint density at radius 1 is 1.24 bits per heavy atom. The molecule has 5 heteroatoms. The first-order valence-corrected chi connectivity index (χ1v) is 9.13. The minimum Gasteiger partial charge on any atom is -0.486 e. The zero-order valence-electron chi connectivity index (χ0n) is 14.7. The number of carbonyl (C=O) groups is 2. The van der Waals surface area contributed by atoms with E-state index in [2.05, 4.69) is 10.8 Å². The van der Waals surface area contributed by atoms with Crippen LogP contribution in [0, 0.1) is 17.8 Å². The van der Waals surface area contributed by atoms with E-state index in [-0.39, 0.29) is 12.4 Å². The van der Waals surface area contributed by atoms with Crippen LogP contribution in [0.3, 0.4) is 0 Å². The van der Waals surface area contributed by atoms with Gasteiger partial charge >= 0.3 is 6.16 Å². The van der Waals surface area contributed by atoms with Crippen LogP contribution in [0.4, 0.5) is 4.79 Å². The molecule has 136 valence electrons. The highest BCUT2D eigenvalue weighted by Gasteiger charge is 2.39. The number of carboxylic acid groups (broad SMARTS) is 1. The molecule has 25 heavy (non-hydrogen) atoms. The first-order valence-electron chi connectivity index (χ1n) is 9.13. The molecule has 1 fully saturated rings. The van der Waals surface area contributed by atoms with E-state index >= 15 is 0 Å². The van der Waals surface area contributed by atoms with Gasteiger partial charge in [0.25, 0.3) is 0 Å². The summed E-state index contributed by atoms with van der Waals surface area (Å²) in [5, 5.41) is 8.55. The Morgan fingerprint density at radius 3 is 2.84 bits per heavy atom. The predicted octanol–water partition coefficient (Wildman–Crippen LogP) is 3.87. The average molecular weight is 346 g/mol. The zero-order chi connectivity index (χ0) is 17.8. The zero-order valence-corrected chi connectivity index (χ0v) is 14.7. The van der Waals surface area contributed by atoms with Crippen LogP contribution in [0.1, 0.15) is 43.7 Å². The standard InChI is InChI=1S/C20H26O5/c1-13(21)12-25-19-6-2-4-15-10-17-14(5-3-9-24-20(22)23)7-8-16(17)11-18(15)19/h2,4,6,14,16-17H,3,5,7-12H2,1H3,(H,22,23)/t14-,16+,17+/m0/s1. The number of fused-ring (bicyclic) bond motifs is 2. The van der Waals surface area contributed by atoms with Gasteiger partial charge in [-0.3, -0.25) is 4.79 Å². The Balaban J connectivity index is 1.62. The van der Waals surface area contributed by atoms with E-state index in [9.17, 15) is 9.59 Å². The summed E-state index contributed by atoms with van der Waals surface area (Å²) >= 11 is 0. The minimum absolute atomic E-state index is 0.0378. The Morgan fingerprint density at radius 2 is 2.08 bits per heavy atom. The molecule has 0 unspecified atom stereocenters. The summed E-state index contributed by atoms with van der Waals surface area (Å²) < 4.78 is 10.3. The molecule has 0 spiro atoms. The quantitative estimate of drug-likeness (QED) is 0.599. The number of ether oxygens (including phenoxy) is 2. The van der Waals surface area contributed by atoms with Gasteiger partial charge in [-0.1, -0.05) is 12.1 Å². The van der Waals surface area contributed by atoms with Crippen molar-refractivity contribution in [3.8, 4) is 5.75 Å². The molecule has 1 N–H and O–H groups in total. The third kappa shape index (κ3) is 4.33. The van der Waals surface area contributed by atoms with Gasteiger partial charge < -0.3 is 14.6 Å². The SMILES string of the molecule is CC(=O)COc1cccc2c1C[C@H]1CC[C@H](CCCOC(=O)O)[C@H]1C2. The van der Waals surface area contributed by atoms with Gasteiger partial charge in [0.15, 0.2) is 5.78 Å². The summed E-state index contributed by atoms with van der Waals surface area (Å²) in [6.45, 7) is 1.97. The van der Waals surface area contributed by atoms with Crippen molar-refractivity contribution in [2.24, 2.45) is 17.8 Å². The van der Waals surface area contributed by atoms with Gasteiger partial charge in [-0.15, -0.1) is 0 Å². The molecule has 3 rings (SSSR count). The molecule has 0 bridgehead atoms. The molecule has 3 atom stereocenters. The number of benzene rings is 1. The maximum absolute atomic E-state index is 11.2. The van der Waals surface area contributed by atoms with Crippen LogP contribution in [0.25, 0.3) is 0 Å². The van der Waals surface area contributed by atoms with Gasteiger partial charge in [0.2, 0.25) is 0 Å². The van der Waals surface area contributed by atoms with Crippen molar-refractivity contribution in [2.75, 3.05) is 13.2 Å². The van der Waals surface area contributed by atoms with Crippen LogP contribution in [0.15, 0.2) is 18.2 Å². The molecule has 0 saturated heterocycles. The van der Waals surface area contributed by atoms with Crippen molar-refractivity contribution in [3.63, 3.8) is 0 Å². The van der Waals surface area contributed by atoms with Crippen LogP contribution in [0.2, 0.25) is 0 Å². The second kappa shape index (κ2) is 7.89. The van der Waals surface area contributed by atoms with E-state index in [0.717, 1.165) is 31.4 Å². The van der Waals surface area contributed by atoms with Crippen molar-refractivity contribution in [1.82, 2.24) is 0 Å². The maximum atomic E-state index is 11.2. The van der Waals surface area contributed by atoms with E-state index in [1.54, 1.807) is 6.92 Å². The lowest BCUT2D eigenvalue weighted by Gasteiger charge is -2.32. The molecule has 0 amide bonds. The fourth-order valence-corrected chi connectivity index (χ4v) is 4.56. The topological polar surface area (TPSA) is 72.8 Å². The monoisotopic (exact) mass is 346 g/mol. The van der Waals surface area contributed by atoms with Gasteiger partial charge in [0, 0.05) is 0 Å². The van der Waals surface area contributed by atoms with Gasteiger partial charge in [0.05, 0.1) is 6.61 Å². The highest BCUT2D eigenvalue weighted by molar-refractivity contribution is 5.77. The lowest BCUT2D eigenvalue weighted by molar-refractivity contribution is -0.118. The molecule has 0 radical (unpaired) electrons. The highest BCUT2D eigenvalue weighted by atomic mass is 16.7. The lowest BCUT2D eigenvalue weighted by Crippen LogP contribution is -2.26. The molecule has 2 aliphatic carbocycles. The predicted molar refractivity (Wildman–Crippen MR) is 92.9 cm³/mol. The summed E-state index contributed by atoms with van der Waals surface area (Å²) in [5.74, 6) is 2.89. The second-order valence-electron chi connectivity index (χ2n) is 7.31. The summed E-state index contributed by atoms with van der Waals surface area (Å²) in [6.07, 6.45) is 5.15. The maximum Gasteiger partial charge on any atom is 0.505 e. The Kier molecular flexibility index (Phi) is 5.61. The fourth-order valence-electron chi connectivity index (χ4n) is 4.56. The third-order valence-electron chi connectivity index (χ3n) is 5.65. The van der Waals surface area contributed by atoms with Crippen LogP contribution >= 0.6 is 0 Å². The number of Topliss-reactive ketones (excluding diaryl/α,β-unsaturated/α-hetero) is 1. The molecule has 2 aliphatic rings. The minimum atomic E-state index is -1.19. The molecular formula is C20H26O5. The highest BCUT2D eigenvalue weighted by Crippen LogP contribution is 2.48. The molecular weight excluding hydrogens is 320 g/mol. The Bertz CT molecular complexity index is 639. The first kappa shape index (κ1) is 17.8. The van der Waals surface area contributed by atoms with E-state index in [1.807, 2.05) is 12.1 Å². The number of ketones is 1. The van der Waals surface area contributed by atoms with Crippen LogP contribution < -0.4 is 4.74 Å². The van der Waals surface area contributed by atoms with Crippen molar-refractivity contribution >= 4 is 11.9 Å². The molecule has 1 saturated carbocycles. The van der Waals surface area contributed by atoms with Crippen LogP contribution in [-0.2, 0) is 22.4 Å². The van der Waals surface area contributed by atoms with E-state index in [1.165, 1.54) is 24.0 Å². The summed E-state index contributed by atoms with van der Waals surface area (Å²) in [5.41, 5.74) is 2.62. The average Bonchev–Trinajstić information content (AvgIpc) is 2.96. The number of carbonyl (C=O) groups excluding carboxylic acids is 1. The van der Waals surface area contributed by atoms with Gasteiger partial charge in [-0.25, -0.2) is 4.79 Å². The fraction of sp³-hybridized carbons (Fsp3) is 0.600. The molecule has 0 aromatic heterocycles. The summed E-state index contributed by atoms with van der Waals surface area (Å²) in [7, 11) is 0. The number of hydrogen-bond donors (Lipinski definition) is 1. The van der Waals surface area contributed by atoms with E-state index in [0.29, 0.717) is 24.4 Å². The van der Waals surface area contributed by atoms with Gasteiger partial charge in [0.1, 0.15) is 12.4 Å². The smallest absolute Gasteiger partial charge is 0.486 e. The lowest BCUT2D eigenvalue weighted by atomic mass is 9.74. The number of rotatable bonds is 7. The van der Waals surface area contributed by atoms with E-state index < -0.39 is 6.16 Å². The van der Waals surface area contributed by atoms with Crippen molar-refractivity contribution < 1.29 is 24.2 Å². The van der Waals surface area contributed by atoms with Crippen molar-refractivity contribution in [3.05, 3.63) is 29.3 Å². The molecule has 0 aliphatic heterocycles. The van der Waals surface area contributed by atoms with Crippen LogP contribution in [0.5, 0.6) is 5.75 Å². The Hall–Kier alpha value is -2.04. The van der Waals surface area contributed by atoms with Crippen molar-refractivity contribution in [2.45, 2.75) is 45.4 Å². The van der Waals surface area contributed by atoms with E-state index in [4.69, 9.17) is 9.84 Å². The van der Waals surface area contributed by atoms with Gasteiger partial charge in [-0.05, 0) is 80.4 Å². The summed E-state index contributed by atoms with van der Waals surface area (Å²) in [4.78, 5) is 21.6. The summed E-state index contributed by atoms with van der Waals surface area (Å²) in [6, 6.07) is 6.16. The number of hydrogen-bond acceptors (Lipinski definition) is 4.